The zero-order chi connectivity index (χ0) is 17.8. The maximum Gasteiger partial charge on any atom is 0.236 e. The minimum Gasteiger partial charge on any atom is -0.461 e. The maximum absolute atomic E-state index is 12.1. The van der Waals surface area contributed by atoms with Crippen LogP contribution in [0.25, 0.3) is 11.6 Å². The van der Waals surface area contributed by atoms with Crippen molar-refractivity contribution < 1.29 is 13.9 Å². The van der Waals surface area contributed by atoms with Gasteiger partial charge in [-0.3, -0.25) is 9.36 Å². The van der Waals surface area contributed by atoms with Crippen LogP contribution in [0.15, 0.2) is 39.5 Å². The van der Waals surface area contributed by atoms with Crippen molar-refractivity contribution in [2.45, 2.75) is 30.6 Å². The minimum atomic E-state index is -0.129. The summed E-state index contributed by atoms with van der Waals surface area (Å²) in [6.45, 7) is 1.42. The molecule has 1 aliphatic heterocycles. The standard InChI is InChI=1S/C16H17N5O3S2/c22-13(18-15-17-5-8-25-15)10-26-16-20-19-14(12-4-2-7-24-12)21(16)9-11-3-1-6-23-11/h2,4-5,7-8,11H,1,3,6,9-10H2,(H,17,18,22). The lowest BCUT2D eigenvalue weighted by Crippen LogP contribution is -2.18. The summed E-state index contributed by atoms with van der Waals surface area (Å²) in [6, 6.07) is 3.66. The number of carbonyl (C=O) groups is 1. The van der Waals surface area contributed by atoms with E-state index in [2.05, 4.69) is 20.5 Å². The molecule has 0 saturated carbocycles. The van der Waals surface area contributed by atoms with Gasteiger partial charge in [0.05, 0.1) is 24.7 Å². The summed E-state index contributed by atoms with van der Waals surface area (Å²) in [6.07, 6.45) is 5.45. The van der Waals surface area contributed by atoms with Crippen LogP contribution in [0.2, 0.25) is 0 Å². The molecular formula is C16H17N5O3S2. The van der Waals surface area contributed by atoms with Gasteiger partial charge in [-0.2, -0.15) is 0 Å². The fraction of sp³-hybridized carbons (Fsp3) is 0.375. The van der Waals surface area contributed by atoms with E-state index in [-0.39, 0.29) is 17.8 Å². The van der Waals surface area contributed by atoms with Gasteiger partial charge in [0.25, 0.3) is 0 Å². The molecule has 4 heterocycles. The van der Waals surface area contributed by atoms with Gasteiger partial charge in [-0.25, -0.2) is 4.98 Å². The lowest BCUT2D eigenvalue weighted by atomic mass is 10.2. The molecule has 0 aromatic carbocycles. The van der Waals surface area contributed by atoms with Gasteiger partial charge < -0.3 is 14.5 Å². The molecule has 1 N–H and O–H groups in total. The average Bonchev–Trinajstić information content (AvgIpc) is 3.42. The molecule has 0 bridgehead atoms. The number of ether oxygens (including phenoxy) is 1. The SMILES string of the molecule is O=C(CSc1nnc(-c2ccco2)n1CC1CCCO1)Nc1nccs1. The molecular weight excluding hydrogens is 374 g/mol. The Balaban J connectivity index is 1.48. The number of furan rings is 1. The van der Waals surface area contributed by atoms with Crippen LogP contribution < -0.4 is 5.32 Å². The van der Waals surface area contributed by atoms with Crippen LogP contribution in [0, 0.1) is 0 Å². The first kappa shape index (κ1) is 17.3. The van der Waals surface area contributed by atoms with Crippen LogP contribution >= 0.6 is 23.1 Å². The molecule has 1 atom stereocenters. The Morgan fingerprint density at radius 3 is 3.15 bits per heavy atom. The average molecular weight is 391 g/mol. The summed E-state index contributed by atoms with van der Waals surface area (Å²) in [5, 5.41) is 14.3. The fourth-order valence-corrected chi connectivity index (χ4v) is 4.00. The molecule has 1 saturated heterocycles. The molecule has 8 nitrogen and oxygen atoms in total. The highest BCUT2D eigenvalue weighted by atomic mass is 32.2. The second-order valence-electron chi connectivity index (χ2n) is 5.70. The Hall–Kier alpha value is -2.17. The van der Waals surface area contributed by atoms with Crippen molar-refractivity contribution in [3.63, 3.8) is 0 Å². The highest BCUT2D eigenvalue weighted by Gasteiger charge is 2.23. The predicted octanol–water partition coefficient (Wildman–Crippen LogP) is 2.90. The van der Waals surface area contributed by atoms with Crippen molar-refractivity contribution in [1.29, 1.82) is 0 Å². The van der Waals surface area contributed by atoms with E-state index >= 15 is 0 Å². The molecule has 136 valence electrons. The van der Waals surface area contributed by atoms with Crippen LogP contribution in [0.1, 0.15) is 12.8 Å². The first-order valence-corrected chi connectivity index (χ1v) is 10.1. The van der Waals surface area contributed by atoms with Gasteiger partial charge in [-0.15, -0.1) is 21.5 Å². The van der Waals surface area contributed by atoms with Crippen molar-refractivity contribution in [1.82, 2.24) is 19.7 Å². The number of rotatable bonds is 7. The van der Waals surface area contributed by atoms with E-state index < -0.39 is 0 Å². The normalized spacial score (nSPS) is 16.8. The maximum atomic E-state index is 12.1. The Morgan fingerprint density at radius 2 is 2.42 bits per heavy atom. The molecule has 10 heteroatoms. The molecule has 0 aliphatic carbocycles. The van der Waals surface area contributed by atoms with E-state index in [1.165, 1.54) is 23.1 Å². The smallest absolute Gasteiger partial charge is 0.236 e. The van der Waals surface area contributed by atoms with Crippen LogP contribution in [0.4, 0.5) is 5.13 Å². The summed E-state index contributed by atoms with van der Waals surface area (Å²) in [7, 11) is 0. The lowest BCUT2D eigenvalue weighted by molar-refractivity contribution is -0.113. The highest BCUT2D eigenvalue weighted by molar-refractivity contribution is 7.99. The summed E-state index contributed by atoms with van der Waals surface area (Å²) < 4.78 is 13.2. The van der Waals surface area contributed by atoms with Gasteiger partial charge in [0.15, 0.2) is 16.0 Å². The van der Waals surface area contributed by atoms with Crippen molar-refractivity contribution in [2.75, 3.05) is 17.7 Å². The van der Waals surface area contributed by atoms with Gasteiger partial charge in [0, 0.05) is 18.2 Å². The molecule has 3 aromatic heterocycles. The third-order valence-corrected chi connectivity index (χ3v) is 5.53. The third-order valence-electron chi connectivity index (χ3n) is 3.88. The number of nitrogens with zero attached hydrogens (tertiary/aromatic N) is 4. The van der Waals surface area contributed by atoms with Gasteiger partial charge in [-0.1, -0.05) is 11.8 Å². The number of anilines is 1. The summed E-state index contributed by atoms with van der Waals surface area (Å²) in [5.41, 5.74) is 0. The molecule has 3 aromatic rings. The minimum absolute atomic E-state index is 0.128. The van der Waals surface area contributed by atoms with E-state index in [0.29, 0.717) is 28.4 Å². The Labute approximate surface area is 158 Å². The molecule has 1 unspecified atom stereocenters. The molecule has 4 rings (SSSR count). The van der Waals surface area contributed by atoms with Crippen LogP contribution in [0.3, 0.4) is 0 Å². The number of nitrogens with one attached hydrogen (secondary N) is 1. The molecule has 26 heavy (non-hydrogen) atoms. The van der Waals surface area contributed by atoms with E-state index in [0.717, 1.165) is 19.4 Å². The largest absolute Gasteiger partial charge is 0.461 e. The number of thioether (sulfide) groups is 1. The number of carbonyl (C=O) groups excluding carboxylic acids is 1. The lowest BCUT2D eigenvalue weighted by Gasteiger charge is -2.13. The molecule has 1 amide bonds. The first-order valence-electron chi connectivity index (χ1n) is 8.20. The molecule has 1 fully saturated rings. The van der Waals surface area contributed by atoms with E-state index in [1.807, 2.05) is 22.1 Å². The number of thiazole rings is 1. The second-order valence-corrected chi connectivity index (χ2v) is 7.54. The summed E-state index contributed by atoms with van der Waals surface area (Å²) in [4.78, 5) is 16.2. The Kier molecular flexibility index (Phi) is 5.32. The van der Waals surface area contributed by atoms with Gasteiger partial charge in [0.2, 0.25) is 11.7 Å². The topological polar surface area (TPSA) is 95.1 Å². The third kappa shape index (κ3) is 3.97. The van der Waals surface area contributed by atoms with E-state index in [4.69, 9.17) is 9.15 Å². The summed E-state index contributed by atoms with van der Waals surface area (Å²) >= 11 is 2.72. The van der Waals surface area contributed by atoms with Crippen molar-refractivity contribution >= 4 is 34.1 Å². The number of amides is 1. The summed E-state index contributed by atoms with van der Waals surface area (Å²) in [5.74, 6) is 1.39. The number of hydrogen-bond acceptors (Lipinski definition) is 8. The first-order chi connectivity index (χ1) is 12.8. The van der Waals surface area contributed by atoms with E-state index in [9.17, 15) is 4.79 Å². The van der Waals surface area contributed by atoms with Gasteiger partial charge in [0.1, 0.15) is 0 Å². The Bertz CT molecular complexity index is 842. The van der Waals surface area contributed by atoms with Gasteiger partial charge in [-0.05, 0) is 25.0 Å². The molecule has 0 radical (unpaired) electrons. The molecule has 0 spiro atoms. The van der Waals surface area contributed by atoms with E-state index in [1.54, 1.807) is 12.5 Å². The second kappa shape index (κ2) is 8.02. The molecule has 1 aliphatic rings. The van der Waals surface area contributed by atoms with Crippen molar-refractivity contribution in [2.24, 2.45) is 0 Å². The van der Waals surface area contributed by atoms with Crippen LogP contribution in [0.5, 0.6) is 0 Å². The van der Waals surface area contributed by atoms with Crippen molar-refractivity contribution in [3.8, 4) is 11.6 Å². The number of hydrogen-bond donors (Lipinski definition) is 1. The number of aromatic nitrogens is 4. The zero-order valence-corrected chi connectivity index (χ0v) is 15.5. The van der Waals surface area contributed by atoms with Gasteiger partial charge >= 0.3 is 0 Å². The van der Waals surface area contributed by atoms with Crippen molar-refractivity contribution in [3.05, 3.63) is 30.0 Å². The highest BCUT2D eigenvalue weighted by Crippen LogP contribution is 2.27. The predicted molar refractivity (Wildman–Crippen MR) is 98.2 cm³/mol. The fourth-order valence-electron chi connectivity index (χ4n) is 2.71. The van der Waals surface area contributed by atoms with Crippen LogP contribution in [-0.4, -0.2) is 44.1 Å². The quantitative estimate of drug-likeness (QED) is 0.619. The zero-order valence-electron chi connectivity index (χ0n) is 13.8. The van der Waals surface area contributed by atoms with Crippen LogP contribution in [-0.2, 0) is 16.1 Å². The Morgan fingerprint density at radius 1 is 1.46 bits per heavy atom. The monoisotopic (exact) mass is 391 g/mol.